The first-order chi connectivity index (χ1) is 13.9. The summed E-state index contributed by atoms with van der Waals surface area (Å²) in [5.74, 6) is -1.39. The van der Waals surface area contributed by atoms with E-state index in [1.54, 1.807) is 36.4 Å². The van der Waals surface area contributed by atoms with E-state index in [-0.39, 0.29) is 18.2 Å². The highest BCUT2D eigenvalue weighted by Gasteiger charge is 2.26. The number of hydrogen-bond acceptors (Lipinski definition) is 6. The summed E-state index contributed by atoms with van der Waals surface area (Å²) in [7, 11) is 1.52. The van der Waals surface area contributed by atoms with Crippen LogP contribution in [-0.2, 0) is 20.9 Å². The number of benzene rings is 2. The Hall–Kier alpha value is -3.45. The van der Waals surface area contributed by atoms with Crippen LogP contribution in [0.5, 0.6) is 0 Å². The number of hydrogen-bond donors (Lipinski definition) is 1. The van der Waals surface area contributed by atoms with Gasteiger partial charge in [0.15, 0.2) is 11.9 Å². The molecule has 0 aliphatic rings. The number of nitrogens with one attached hydrogen (secondary N) is 1. The van der Waals surface area contributed by atoms with E-state index in [0.29, 0.717) is 22.4 Å². The van der Waals surface area contributed by atoms with Crippen molar-refractivity contribution in [3.63, 3.8) is 0 Å². The van der Waals surface area contributed by atoms with Gasteiger partial charge in [0.05, 0.1) is 6.61 Å². The van der Waals surface area contributed by atoms with Gasteiger partial charge in [-0.2, -0.15) is 0 Å². The standard InChI is InChI=1S/C22H21NO6/c1-13(24)15-7-6-8-16(11-15)23-21(25)14(2)28-22(26)20-18(12-27-3)17-9-4-5-10-19(17)29-20/h4-11,14H,12H2,1-3H3,(H,23,25)/t14-/m1/s1. The Balaban J connectivity index is 1.74. The van der Waals surface area contributed by atoms with Gasteiger partial charge in [0.2, 0.25) is 5.76 Å². The Morgan fingerprint density at radius 1 is 1.10 bits per heavy atom. The summed E-state index contributed by atoms with van der Waals surface area (Å²) in [6.45, 7) is 3.07. The predicted molar refractivity (Wildman–Crippen MR) is 107 cm³/mol. The van der Waals surface area contributed by atoms with Crippen molar-refractivity contribution in [3.8, 4) is 0 Å². The van der Waals surface area contributed by atoms with Gasteiger partial charge in [-0.3, -0.25) is 9.59 Å². The van der Waals surface area contributed by atoms with Crippen LogP contribution in [-0.4, -0.2) is 30.9 Å². The molecule has 0 radical (unpaired) electrons. The van der Waals surface area contributed by atoms with Gasteiger partial charge in [0, 0.05) is 29.3 Å². The smallest absolute Gasteiger partial charge is 0.375 e. The van der Waals surface area contributed by atoms with Crippen LogP contribution >= 0.6 is 0 Å². The van der Waals surface area contributed by atoms with Crippen molar-refractivity contribution in [3.05, 3.63) is 65.4 Å². The molecule has 0 saturated carbocycles. The highest BCUT2D eigenvalue weighted by molar-refractivity contribution is 6.00. The third-order valence-corrected chi connectivity index (χ3v) is 4.36. The van der Waals surface area contributed by atoms with Gasteiger partial charge in [-0.15, -0.1) is 0 Å². The summed E-state index contributed by atoms with van der Waals surface area (Å²) in [5, 5.41) is 3.39. The number of ketones is 1. The van der Waals surface area contributed by atoms with Gasteiger partial charge in [-0.25, -0.2) is 4.79 Å². The van der Waals surface area contributed by atoms with Crippen molar-refractivity contribution < 1.29 is 28.3 Å². The fourth-order valence-corrected chi connectivity index (χ4v) is 2.88. The average molecular weight is 395 g/mol. The summed E-state index contributed by atoms with van der Waals surface area (Å²) < 4.78 is 16.1. The third kappa shape index (κ3) is 4.52. The molecule has 1 N–H and O–H groups in total. The van der Waals surface area contributed by atoms with Crippen molar-refractivity contribution in [2.75, 3.05) is 12.4 Å². The molecular formula is C22H21NO6. The van der Waals surface area contributed by atoms with Crippen LogP contribution in [0.2, 0.25) is 0 Å². The fourth-order valence-electron chi connectivity index (χ4n) is 2.88. The zero-order chi connectivity index (χ0) is 21.0. The minimum absolute atomic E-state index is 0.00581. The van der Waals surface area contributed by atoms with Crippen molar-refractivity contribution in [2.24, 2.45) is 0 Å². The zero-order valence-electron chi connectivity index (χ0n) is 16.4. The first-order valence-electron chi connectivity index (χ1n) is 9.03. The van der Waals surface area contributed by atoms with Crippen LogP contribution in [0, 0.1) is 0 Å². The van der Waals surface area contributed by atoms with Crippen molar-refractivity contribution >= 4 is 34.3 Å². The number of amides is 1. The number of anilines is 1. The van der Waals surface area contributed by atoms with Gasteiger partial charge in [0.25, 0.3) is 5.91 Å². The van der Waals surface area contributed by atoms with E-state index in [9.17, 15) is 14.4 Å². The molecule has 0 bridgehead atoms. The Morgan fingerprint density at radius 2 is 1.86 bits per heavy atom. The first kappa shape index (κ1) is 20.3. The van der Waals surface area contributed by atoms with Gasteiger partial charge < -0.3 is 19.2 Å². The van der Waals surface area contributed by atoms with Crippen LogP contribution in [0.4, 0.5) is 5.69 Å². The second-order valence-corrected chi connectivity index (χ2v) is 6.51. The maximum Gasteiger partial charge on any atom is 0.375 e. The normalized spacial score (nSPS) is 11.8. The Morgan fingerprint density at radius 3 is 2.59 bits per heavy atom. The number of furan rings is 1. The fraction of sp³-hybridized carbons (Fsp3) is 0.227. The van der Waals surface area contributed by atoms with Gasteiger partial charge >= 0.3 is 5.97 Å². The monoisotopic (exact) mass is 395 g/mol. The van der Waals surface area contributed by atoms with E-state index < -0.39 is 18.0 Å². The minimum atomic E-state index is -1.08. The summed E-state index contributed by atoms with van der Waals surface area (Å²) >= 11 is 0. The summed E-state index contributed by atoms with van der Waals surface area (Å²) in [5.41, 5.74) is 2.01. The number of para-hydroxylation sites is 1. The van der Waals surface area contributed by atoms with E-state index in [0.717, 1.165) is 5.39 Å². The lowest BCUT2D eigenvalue weighted by atomic mass is 10.1. The maximum atomic E-state index is 12.6. The molecule has 0 spiro atoms. The molecular weight excluding hydrogens is 374 g/mol. The van der Waals surface area contributed by atoms with Crippen molar-refractivity contribution in [2.45, 2.75) is 26.6 Å². The van der Waals surface area contributed by atoms with Crippen LogP contribution in [0.1, 0.15) is 40.3 Å². The SMILES string of the molecule is COCc1c(C(=O)O[C@H](C)C(=O)Nc2cccc(C(C)=O)c2)oc2ccccc12. The number of carbonyl (C=O) groups is 3. The van der Waals surface area contributed by atoms with Gasteiger partial charge in [-0.05, 0) is 32.0 Å². The molecule has 0 saturated heterocycles. The molecule has 0 aliphatic carbocycles. The topological polar surface area (TPSA) is 94.8 Å². The van der Waals surface area contributed by atoms with Crippen molar-refractivity contribution in [1.29, 1.82) is 0 Å². The highest BCUT2D eigenvalue weighted by Crippen LogP contribution is 2.27. The zero-order valence-corrected chi connectivity index (χ0v) is 16.4. The second-order valence-electron chi connectivity index (χ2n) is 6.51. The summed E-state index contributed by atoms with van der Waals surface area (Å²) in [6, 6.07) is 13.7. The molecule has 150 valence electrons. The number of esters is 1. The van der Waals surface area contributed by atoms with E-state index >= 15 is 0 Å². The summed E-state index contributed by atoms with van der Waals surface area (Å²) in [6.07, 6.45) is -1.08. The Bertz CT molecular complexity index is 1070. The number of Topliss-reactive ketones (excluding diaryl/α,β-unsaturated/α-hetero) is 1. The number of rotatable bonds is 7. The molecule has 0 fully saturated rings. The third-order valence-electron chi connectivity index (χ3n) is 4.36. The van der Waals surface area contributed by atoms with Crippen molar-refractivity contribution in [1.82, 2.24) is 0 Å². The Kier molecular flexibility index (Phi) is 6.09. The largest absolute Gasteiger partial charge is 0.449 e. The molecule has 2 aromatic carbocycles. The van der Waals surface area contributed by atoms with Crippen LogP contribution in [0.25, 0.3) is 11.0 Å². The molecule has 1 aromatic heterocycles. The number of carbonyl (C=O) groups excluding carboxylic acids is 3. The first-order valence-corrected chi connectivity index (χ1v) is 9.03. The molecule has 7 heteroatoms. The molecule has 0 unspecified atom stereocenters. The van der Waals surface area contributed by atoms with Gasteiger partial charge in [-0.1, -0.05) is 30.3 Å². The van der Waals surface area contributed by atoms with E-state index in [1.807, 2.05) is 12.1 Å². The number of methoxy groups -OCH3 is 1. The number of fused-ring (bicyclic) bond motifs is 1. The molecule has 0 aliphatic heterocycles. The predicted octanol–water partition coefficient (Wildman–Crippen LogP) is 3.97. The Labute approximate surface area is 167 Å². The van der Waals surface area contributed by atoms with E-state index in [2.05, 4.69) is 5.32 Å². The molecule has 7 nitrogen and oxygen atoms in total. The second kappa shape index (κ2) is 8.70. The summed E-state index contributed by atoms with van der Waals surface area (Å²) in [4.78, 5) is 36.5. The lowest BCUT2D eigenvalue weighted by Gasteiger charge is -2.13. The van der Waals surface area contributed by atoms with Crippen LogP contribution in [0.15, 0.2) is 52.9 Å². The average Bonchev–Trinajstić information content (AvgIpc) is 3.07. The molecule has 29 heavy (non-hydrogen) atoms. The molecule has 3 rings (SSSR count). The van der Waals surface area contributed by atoms with Crippen LogP contribution < -0.4 is 5.32 Å². The lowest BCUT2D eigenvalue weighted by Crippen LogP contribution is -2.30. The molecule has 3 aromatic rings. The number of ether oxygens (including phenoxy) is 2. The minimum Gasteiger partial charge on any atom is -0.449 e. The molecule has 1 amide bonds. The molecule has 1 atom stereocenters. The van der Waals surface area contributed by atoms with E-state index in [4.69, 9.17) is 13.9 Å². The lowest BCUT2D eigenvalue weighted by molar-refractivity contribution is -0.123. The maximum absolute atomic E-state index is 12.6. The quantitative estimate of drug-likeness (QED) is 0.481. The van der Waals surface area contributed by atoms with Gasteiger partial charge in [0.1, 0.15) is 5.58 Å². The van der Waals surface area contributed by atoms with Crippen LogP contribution in [0.3, 0.4) is 0 Å². The molecule has 1 heterocycles. The van der Waals surface area contributed by atoms with E-state index in [1.165, 1.54) is 21.0 Å². The highest BCUT2D eigenvalue weighted by atomic mass is 16.6.